The number of hydrogen-bond donors (Lipinski definition) is 2. The lowest BCUT2D eigenvalue weighted by Gasteiger charge is -2.34. The Kier molecular flexibility index (Phi) is 4.99. The van der Waals surface area contributed by atoms with Crippen LogP contribution in [-0.2, 0) is 4.79 Å². The van der Waals surface area contributed by atoms with Crippen LogP contribution in [-0.4, -0.2) is 30.0 Å². The molecule has 2 rings (SSSR count). The summed E-state index contributed by atoms with van der Waals surface area (Å²) >= 11 is 8.56. The Morgan fingerprint density at radius 3 is 2.60 bits per heavy atom. The normalized spacial score (nSPS) is 16.0. The number of halogens is 1. The Balaban J connectivity index is 2.03. The van der Waals surface area contributed by atoms with Gasteiger partial charge in [-0.2, -0.15) is 0 Å². The molecule has 0 spiro atoms. The van der Waals surface area contributed by atoms with Crippen LogP contribution in [0.5, 0.6) is 0 Å². The van der Waals surface area contributed by atoms with Gasteiger partial charge in [0.1, 0.15) is 4.99 Å². The lowest BCUT2D eigenvalue weighted by atomic mass is 10.0. The van der Waals surface area contributed by atoms with Gasteiger partial charge in [-0.25, -0.2) is 0 Å². The smallest absolute Gasteiger partial charge is 0.217 e. The van der Waals surface area contributed by atoms with Crippen LogP contribution in [0.4, 0.5) is 5.69 Å². The number of anilines is 1. The highest BCUT2D eigenvalue weighted by atomic mass is 79.9. The molecule has 1 aromatic carbocycles. The highest BCUT2D eigenvalue weighted by Gasteiger charge is 2.21. The van der Waals surface area contributed by atoms with E-state index < -0.39 is 0 Å². The van der Waals surface area contributed by atoms with Gasteiger partial charge in [0.05, 0.1) is 5.69 Å². The van der Waals surface area contributed by atoms with Crippen LogP contribution in [0.3, 0.4) is 0 Å². The Bertz CT molecular complexity index is 527. The van der Waals surface area contributed by atoms with E-state index >= 15 is 0 Å². The summed E-state index contributed by atoms with van der Waals surface area (Å²) in [6.07, 6.45) is 1.92. The number of thiocarbonyl (C=S) groups is 1. The standard InChI is InChI=1S/C14H18BrN3OS/c1-9(19)17-11-4-6-18(7-5-11)13-3-2-10(14(16)20)8-12(13)15/h2-3,8,11H,4-7H2,1H3,(H2,16,20)(H,17,19). The second-order valence-corrected chi connectivity index (χ2v) is 6.29. The number of nitrogens with one attached hydrogen (secondary N) is 1. The molecule has 6 heteroatoms. The monoisotopic (exact) mass is 355 g/mol. The van der Waals surface area contributed by atoms with Crippen molar-refractivity contribution in [2.24, 2.45) is 5.73 Å². The van der Waals surface area contributed by atoms with Gasteiger partial charge in [0.15, 0.2) is 0 Å². The van der Waals surface area contributed by atoms with E-state index in [-0.39, 0.29) is 5.91 Å². The number of benzene rings is 1. The minimum atomic E-state index is 0.0467. The molecule has 3 N–H and O–H groups in total. The summed E-state index contributed by atoms with van der Waals surface area (Å²) in [4.78, 5) is 13.8. The largest absolute Gasteiger partial charge is 0.389 e. The molecule has 108 valence electrons. The number of rotatable bonds is 3. The van der Waals surface area contributed by atoms with Gasteiger partial charge >= 0.3 is 0 Å². The molecule has 0 unspecified atom stereocenters. The van der Waals surface area contributed by atoms with Crippen molar-refractivity contribution in [3.05, 3.63) is 28.2 Å². The van der Waals surface area contributed by atoms with Gasteiger partial charge < -0.3 is 16.0 Å². The van der Waals surface area contributed by atoms with Crippen LogP contribution in [0, 0.1) is 0 Å². The van der Waals surface area contributed by atoms with Crippen molar-refractivity contribution in [3.8, 4) is 0 Å². The number of hydrogen-bond acceptors (Lipinski definition) is 3. The van der Waals surface area contributed by atoms with Crippen LogP contribution in [0.2, 0.25) is 0 Å². The molecule has 1 aliphatic rings. The van der Waals surface area contributed by atoms with Crippen molar-refractivity contribution >= 4 is 44.7 Å². The number of carbonyl (C=O) groups excluding carboxylic acids is 1. The molecule has 0 saturated carbocycles. The SMILES string of the molecule is CC(=O)NC1CCN(c2ccc(C(N)=S)cc2Br)CC1. The first-order valence-corrected chi connectivity index (χ1v) is 7.79. The summed E-state index contributed by atoms with van der Waals surface area (Å²) in [6.45, 7) is 3.42. The van der Waals surface area contributed by atoms with Crippen molar-refractivity contribution < 1.29 is 4.79 Å². The minimum Gasteiger partial charge on any atom is -0.389 e. The Hall–Kier alpha value is -1.14. The van der Waals surface area contributed by atoms with Gasteiger partial charge in [-0.15, -0.1) is 0 Å². The van der Waals surface area contributed by atoms with Crippen molar-refractivity contribution in [1.82, 2.24) is 5.32 Å². The number of nitrogens with two attached hydrogens (primary N) is 1. The summed E-state index contributed by atoms with van der Waals surface area (Å²) in [6, 6.07) is 6.23. The van der Waals surface area contributed by atoms with Crippen molar-refractivity contribution in [3.63, 3.8) is 0 Å². The van der Waals surface area contributed by atoms with Crippen molar-refractivity contribution in [1.29, 1.82) is 0 Å². The van der Waals surface area contributed by atoms with Crippen LogP contribution < -0.4 is 16.0 Å². The van der Waals surface area contributed by atoms with Gasteiger partial charge in [0.2, 0.25) is 5.91 Å². The summed E-state index contributed by atoms with van der Waals surface area (Å²) in [5.74, 6) is 0.0467. The minimum absolute atomic E-state index is 0.0467. The molecule has 0 aliphatic carbocycles. The fraction of sp³-hybridized carbons (Fsp3) is 0.429. The van der Waals surface area contributed by atoms with Crippen LogP contribution >= 0.6 is 28.1 Å². The average Bonchev–Trinajstić information content (AvgIpc) is 2.39. The molecule has 1 amide bonds. The van der Waals surface area contributed by atoms with E-state index in [1.807, 2.05) is 18.2 Å². The number of amides is 1. The average molecular weight is 356 g/mol. The zero-order chi connectivity index (χ0) is 14.7. The molecular weight excluding hydrogens is 338 g/mol. The molecule has 1 aliphatic heterocycles. The Morgan fingerprint density at radius 2 is 2.10 bits per heavy atom. The molecule has 0 radical (unpaired) electrons. The Morgan fingerprint density at radius 1 is 1.45 bits per heavy atom. The zero-order valence-electron chi connectivity index (χ0n) is 11.4. The molecule has 1 fully saturated rings. The van der Waals surface area contributed by atoms with E-state index in [4.69, 9.17) is 18.0 Å². The Labute approximate surface area is 132 Å². The topological polar surface area (TPSA) is 58.4 Å². The summed E-state index contributed by atoms with van der Waals surface area (Å²) in [5.41, 5.74) is 7.64. The van der Waals surface area contributed by atoms with Gasteiger partial charge in [-0.3, -0.25) is 4.79 Å². The molecule has 0 atom stereocenters. The van der Waals surface area contributed by atoms with Gasteiger partial charge in [0, 0.05) is 36.1 Å². The third-order valence-corrected chi connectivity index (χ3v) is 4.35. The lowest BCUT2D eigenvalue weighted by molar-refractivity contribution is -0.119. The molecule has 1 heterocycles. The highest BCUT2D eigenvalue weighted by Crippen LogP contribution is 2.29. The predicted octanol–water partition coefficient (Wildman–Crippen LogP) is 2.19. The maximum Gasteiger partial charge on any atom is 0.217 e. The summed E-state index contributed by atoms with van der Waals surface area (Å²) in [7, 11) is 0. The first-order valence-electron chi connectivity index (χ1n) is 6.59. The summed E-state index contributed by atoms with van der Waals surface area (Å²) in [5, 5.41) is 2.98. The van der Waals surface area contributed by atoms with E-state index in [0.29, 0.717) is 11.0 Å². The fourth-order valence-corrected chi connectivity index (χ4v) is 3.23. The molecule has 1 saturated heterocycles. The van der Waals surface area contributed by atoms with E-state index in [2.05, 4.69) is 26.1 Å². The fourth-order valence-electron chi connectivity index (χ4n) is 2.47. The van der Waals surface area contributed by atoms with Crippen molar-refractivity contribution in [2.75, 3.05) is 18.0 Å². The van der Waals surface area contributed by atoms with Gasteiger partial charge in [-0.05, 0) is 47.0 Å². The molecule has 1 aromatic rings. The third-order valence-electron chi connectivity index (χ3n) is 3.48. The number of carbonyl (C=O) groups is 1. The lowest BCUT2D eigenvalue weighted by Crippen LogP contribution is -2.44. The third kappa shape index (κ3) is 3.70. The van der Waals surface area contributed by atoms with Crippen LogP contribution in [0.1, 0.15) is 25.3 Å². The zero-order valence-corrected chi connectivity index (χ0v) is 13.8. The van der Waals surface area contributed by atoms with Crippen LogP contribution in [0.15, 0.2) is 22.7 Å². The van der Waals surface area contributed by atoms with Crippen LogP contribution in [0.25, 0.3) is 0 Å². The molecule has 20 heavy (non-hydrogen) atoms. The van der Waals surface area contributed by atoms with E-state index in [9.17, 15) is 4.79 Å². The molecular formula is C14H18BrN3OS. The first kappa shape index (κ1) is 15.3. The summed E-state index contributed by atoms with van der Waals surface area (Å²) < 4.78 is 1.00. The second kappa shape index (κ2) is 6.54. The maximum atomic E-state index is 11.1. The quantitative estimate of drug-likeness (QED) is 0.816. The van der Waals surface area contributed by atoms with E-state index in [0.717, 1.165) is 41.7 Å². The molecule has 0 bridgehead atoms. The number of nitrogens with zero attached hydrogens (tertiary/aromatic N) is 1. The number of piperidine rings is 1. The molecule has 0 aromatic heterocycles. The highest BCUT2D eigenvalue weighted by molar-refractivity contribution is 9.10. The maximum absolute atomic E-state index is 11.1. The second-order valence-electron chi connectivity index (χ2n) is 4.99. The van der Waals surface area contributed by atoms with E-state index in [1.54, 1.807) is 6.92 Å². The van der Waals surface area contributed by atoms with Gasteiger partial charge in [-0.1, -0.05) is 12.2 Å². The molecule has 4 nitrogen and oxygen atoms in total. The van der Waals surface area contributed by atoms with Crippen molar-refractivity contribution in [2.45, 2.75) is 25.8 Å². The van der Waals surface area contributed by atoms with E-state index in [1.165, 1.54) is 0 Å². The van der Waals surface area contributed by atoms with Gasteiger partial charge in [0.25, 0.3) is 0 Å². The first-order chi connectivity index (χ1) is 9.47. The predicted molar refractivity (Wildman–Crippen MR) is 89.1 cm³/mol.